The van der Waals surface area contributed by atoms with Crippen LogP contribution in [0.3, 0.4) is 0 Å². The van der Waals surface area contributed by atoms with Gasteiger partial charge in [-0.2, -0.15) is 5.10 Å². The van der Waals surface area contributed by atoms with Gasteiger partial charge in [-0.05, 0) is 12.1 Å². The van der Waals surface area contributed by atoms with E-state index in [0.717, 1.165) is 15.8 Å². The fourth-order valence-electron chi connectivity index (χ4n) is 1.95. The van der Waals surface area contributed by atoms with E-state index in [9.17, 15) is 4.79 Å². The van der Waals surface area contributed by atoms with Crippen LogP contribution in [0.4, 0.5) is 5.69 Å². The van der Waals surface area contributed by atoms with Crippen molar-refractivity contribution in [2.75, 3.05) is 5.73 Å². The van der Waals surface area contributed by atoms with Crippen LogP contribution in [-0.2, 0) is 13.6 Å². The number of aryl methyl sites for hydroxylation is 1. The van der Waals surface area contributed by atoms with Crippen LogP contribution in [-0.4, -0.2) is 20.7 Å². The first-order chi connectivity index (χ1) is 9.65. The van der Waals surface area contributed by atoms with Crippen LogP contribution in [0.5, 0.6) is 0 Å². The number of hydrogen-bond acceptors (Lipinski definition) is 5. The van der Waals surface area contributed by atoms with Crippen molar-refractivity contribution in [3.63, 3.8) is 0 Å². The van der Waals surface area contributed by atoms with Crippen LogP contribution < -0.4 is 11.1 Å². The number of carbonyl (C=O) groups excluding carboxylic acids is 1. The van der Waals surface area contributed by atoms with E-state index >= 15 is 0 Å². The molecule has 0 saturated carbocycles. The highest BCUT2D eigenvalue weighted by Crippen LogP contribution is 2.31. The molecule has 0 aromatic carbocycles. The monoisotopic (exact) mass is 287 g/mol. The highest BCUT2D eigenvalue weighted by Gasteiger charge is 2.16. The average Bonchev–Trinajstić information content (AvgIpc) is 3.01. The molecular formula is C13H13N5OS. The standard InChI is InChI=1S/C13H13N5OS/c1-18-7-8(6-17-18)5-16-12(19)11-10(14)9-3-2-4-15-13(9)20-11/h2-4,6-7H,5,14H2,1H3,(H,16,19). The SMILES string of the molecule is Cn1cc(CNC(=O)c2sc3ncccc3c2N)cn1. The molecule has 0 radical (unpaired) electrons. The lowest BCUT2D eigenvalue weighted by Gasteiger charge is -2.02. The summed E-state index contributed by atoms with van der Waals surface area (Å²) < 4.78 is 1.69. The van der Waals surface area contributed by atoms with Crippen molar-refractivity contribution in [1.29, 1.82) is 0 Å². The maximum absolute atomic E-state index is 12.2. The minimum atomic E-state index is -0.186. The molecule has 3 aromatic heterocycles. The Labute approximate surface area is 119 Å². The second kappa shape index (κ2) is 4.93. The first-order valence-electron chi connectivity index (χ1n) is 6.04. The summed E-state index contributed by atoms with van der Waals surface area (Å²) in [4.78, 5) is 17.7. The molecule has 0 saturated heterocycles. The Kier molecular flexibility index (Phi) is 3.11. The Hall–Kier alpha value is -2.41. The number of nitrogens with one attached hydrogen (secondary N) is 1. The van der Waals surface area contributed by atoms with Gasteiger partial charge >= 0.3 is 0 Å². The maximum atomic E-state index is 12.2. The Morgan fingerprint density at radius 1 is 1.55 bits per heavy atom. The molecule has 0 aliphatic carbocycles. The lowest BCUT2D eigenvalue weighted by atomic mass is 10.2. The van der Waals surface area contributed by atoms with E-state index in [1.807, 2.05) is 25.4 Å². The summed E-state index contributed by atoms with van der Waals surface area (Å²) in [7, 11) is 1.83. The number of pyridine rings is 1. The predicted molar refractivity (Wildman–Crippen MR) is 78.4 cm³/mol. The second-order valence-corrected chi connectivity index (χ2v) is 5.40. The van der Waals surface area contributed by atoms with Crippen molar-refractivity contribution < 1.29 is 4.79 Å². The zero-order valence-electron chi connectivity index (χ0n) is 10.8. The fourth-order valence-corrected chi connectivity index (χ4v) is 2.93. The number of nitrogens with zero attached hydrogens (tertiary/aromatic N) is 3. The first-order valence-corrected chi connectivity index (χ1v) is 6.85. The molecule has 0 spiro atoms. The van der Waals surface area contributed by atoms with Crippen LogP contribution in [0.2, 0.25) is 0 Å². The number of nitrogens with two attached hydrogens (primary N) is 1. The quantitative estimate of drug-likeness (QED) is 0.765. The van der Waals surface area contributed by atoms with E-state index in [4.69, 9.17) is 5.73 Å². The van der Waals surface area contributed by atoms with Gasteiger partial charge in [0.05, 0.1) is 11.9 Å². The summed E-state index contributed by atoms with van der Waals surface area (Å²) in [5.74, 6) is -0.186. The molecule has 0 atom stereocenters. The van der Waals surface area contributed by atoms with Crippen molar-refractivity contribution in [2.45, 2.75) is 6.54 Å². The number of rotatable bonds is 3. The summed E-state index contributed by atoms with van der Waals surface area (Å²) in [6.07, 6.45) is 5.27. The number of hydrogen-bond donors (Lipinski definition) is 2. The first kappa shape index (κ1) is 12.6. The molecule has 3 N–H and O–H groups in total. The van der Waals surface area contributed by atoms with Gasteiger partial charge in [0, 0.05) is 36.9 Å². The Morgan fingerprint density at radius 3 is 3.10 bits per heavy atom. The van der Waals surface area contributed by atoms with Crippen molar-refractivity contribution >= 4 is 33.1 Å². The van der Waals surface area contributed by atoms with Gasteiger partial charge in [0.2, 0.25) is 0 Å². The zero-order chi connectivity index (χ0) is 14.1. The van der Waals surface area contributed by atoms with Crippen LogP contribution in [0.1, 0.15) is 15.2 Å². The van der Waals surface area contributed by atoms with Gasteiger partial charge in [0.25, 0.3) is 5.91 Å². The van der Waals surface area contributed by atoms with Gasteiger partial charge < -0.3 is 11.1 Å². The summed E-state index contributed by atoms with van der Waals surface area (Å²) >= 11 is 1.30. The minimum Gasteiger partial charge on any atom is -0.397 e. The van der Waals surface area contributed by atoms with Gasteiger partial charge in [0.15, 0.2) is 0 Å². The lowest BCUT2D eigenvalue weighted by molar-refractivity contribution is 0.0956. The van der Waals surface area contributed by atoms with Gasteiger partial charge in [-0.15, -0.1) is 11.3 Å². The van der Waals surface area contributed by atoms with Gasteiger partial charge in [0.1, 0.15) is 9.71 Å². The number of thiophene rings is 1. The van der Waals surface area contributed by atoms with Crippen LogP contribution in [0.15, 0.2) is 30.7 Å². The lowest BCUT2D eigenvalue weighted by Crippen LogP contribution is -2.22. The van der Waals surface area contributed by atoms with Gasteiger partial charge in [-0.3, -0.25) is 9.48 Å². The molecule has 7 heteroatoms. The summed E-state index contributed by atoms with van der Waals surface area (Å²) in [5, 5.41) is 7.72. The Morgan fingerprint density at radius 2 is 2.40 bits per heavy atom. The maximum Gasteiger partial charge on any atom is 0.263 e. The molecule has 6 nitrogen and oxygen atoms in total. The van der Waals surface area contributed by atoms with E-state index < -0.39 is 0 Å². The number of nitrogen functional groups attached to an aromatic ring is 1. The van der Waals surface area contributed by atoms with Crippen molar-refractivity contribution in [2.24, 2.45) is 7.05 Å². The number of anilines is 1. The third-order valence-electron chi connectivity index (χ3n) is 2.92. The second-order valence-electron chi connectivity index (χ2n) is 4.41. The van der Waals surface area contributed by atoms with E-state index in [0.29, 0.717) is 17.1 Å². The summed E-state index contributed by atoms with van der Waals surface area (Å²) in [6.45, 7) is 0.424. The van der Waals surface area contributed by atoms with E-state index in [2.05, 4.69) is 15.4 Å². The molecular weight excluding hydrogens is 274 g/mol. The number of fused-ring (bicyclic) bond motifs is 1. The molecule has 102 valence electrons. The molecule has 0 aliphatic rings. The number of carbonyl (C=O) groups is 1. The van der Waals surface area contributed by atoms with Crippen molar-refractivity contribution in [3.05, 3.63) is 41.2 Å². The molecule has 0 aliphatic heterocycles. The van der Waals surface area contributed by atoms with Crippen molar-refractivity contribution in [1.82, 2.24) is 20.1 Å². The summed E-state index contributed by atoms with van der Waals surface area (Å²) in [6, 6.07) is 3.68. The van der Waals surface area contributed by atoms with Crippen molar-refractivity contribution in [3.8, 4) is 0 Å². The molecule has 3 heterocycles. The van der Waals surface area contributed by atoms with E-state index in [-0.39, 0.29) is 5.91 Å². The topological polar surface area (TPSA) is 85.8 Å². The molecule has 0 fully saturated rings. The van der Waals surface area contributed by atoms with Crippen LogP contribution in [0, 0.1) is 0 Å². The molecule has 1 amide bonds. The summed E-state index contributed by atoms with van der Waals surface area (Å²) in [5.41, 5.74) is 7.44. The van der Waals surface area contributed by atoms with E-state index in [1.165, 1.54) is 11.3 Å². The number of amides is 1. The smallest absolute Gasteiger partial charge is 0.263 e. The highest BCUT2D eigenvalue weighted by molar-refractivity contribution is 7.21. The molecule has 3 aromatic rings. The Balaban J connectivity index is 1.80. The van der Waals surface area contributed by atoms with Gasteiger partial charge in [-0.1, -0.05) is 0 Å². The fraction of sp³-hybridized carbons (Fsp3) is 0.154. The van der Waals surface area contributed by atoms with E-state index in [1.54, 1.807) is 17.1 Å². The molecule has 0 bridgehead atoms. The Bertz CT molecular complexity index is 776. The number of aromatic nitrogens is 3. The molecule has 20 heavy (non-hydrogen) atoms. The third-order valence-corrected chi connectivity index (χ3v) is 4.05. The highest BCUT2D eigenvalue weighted by atomic mass is 32.1. The third kappa shape index (κ3) is 2.23. The normalized spacial score (nSPS) is 10.8. The predicted octanol–water partition coefficient (Wildman–Crippen LogP) is 1.54. The van der Waals surface area contributed by atoms with Gasteiger partial charge in [-0.25, -0.2) is 4.98 Å². The van der Waals surface area contributed by atoms with Crippen LogP contribution >= 0.6 is 11.3 Å². The largest absolute Gasteiger partial charge is 0.397 e. The average molecular weight is 287 g/mol. The zero-order valence-corrected chi connectivity index (χ0v) is 11.6. The van der Waals surface area contributed by atoms with Crippen LogP contribution in [0.25, 0.3) is 10.2 Å². The molecule has 3 rings (SSSR count). The minimum absolute atomic E-state index is 0.186. The molecule has 0 unspecified atom stereocenters.